The highest BCUT2D eigenvalue weighted by molar-refractivity contribution is 6.30. The molecule has 0 spiro atoms. The van der Waals surface area contributed by atoms with Gasteiger partial charge in [0.25, 0.3) is 0 Å². The molecule has 0 saturated carbocycles. The predicted molar refractivity (Wildman–Crippen MR) is 97.1 cm³/mol. The number of benzene rings is 1. The van der Waals surface area contributed by atoms with Crippen molar-refractivity contribution in [2.75, 3.05) is 13.1 Å². The lowest BCUT2D eigenvalue weighted by atomic mass is 9.97. The molecule has 2 aromatic heterocycles. The number of hydrogen-bond acceptors (Lipinski definition) is 5. The van der Waals surface area contributed by atoms with E-state index in [1.54, 1.807) is 17.2 Å². The Hall–Kier alpha value is -2.25. The van der Waals surface area contributed by atoms with Gasteiger partial charge in [-0.25, -0.2) is 0 Å². The van der Waals surface area contributed by atoms with Crippen LogP contribution in [0.2, 0.25) is 5.02 Å². The van der Waals surface area contributed by atoms with Gasteiger partial charge in [0.15, 0.2) is 5.82 Å². The van der Waals surface area contributed by atoms with Crippen molar-refractivity contribution in [1.82, 2.24) is 35.1 Å². The van der Waals surface area contributed by atoms with Crippen molar-refractivity contribution in [2.24, 2.45) is 0 Å². The fourth-order valence-corrected chi connectivity index (χ4v) is 3.23. The molecule has 0 radical (unpaired) electrons. The summed E-state index contributed by atoms with van der Waals surface area (Å²) < 4.78 is 2.12. The highest BCUT2D eigenvalue weighted by Crippen LogP contribution is 2.27. The fraction of sp³-hybridized carbons (Fsp3) is 0.412. The third kappa shape index (κ3) is 3.72. The van der Waals surface area contributed by atoms with E-state index < -0.39 is 0 Å². The second-order valence-corrected chi connectivity index (χ2v) is 6.31. The lowest BCUT2D eigenvalue weighted by molar-refractivity contribution is 0.439. The van der Waals surface area contributed by atoms with Crippen molar-refractivity contribution in [2.45, 2.75) is 32.7 Å². The van der Waals surface area contributed by atoms with Crippen molar-refractivity contribution in [1.29, 1.82) is 0 Å². The van der Waals surface area contributed by atoms with Gasteiger partial charge in [-0.1, -0.05) is 19.0 Å². The summed E-state index contributed by atoms with van der Waals surface area (Å²) in [7, 11) is 0. The SMILES string of the molecule is C.Clc1ccc(-n2c(Cn3nccn3)nnc2C2CCNCC2)cc1. The van der Waals surface area contributed by atoms with Crippen molar-refractivity contribution in [3.8, 4) is 5.69 Å². The smallest absolute Gasteiger partial charge is 0.161 e. The first-order chi connectivity index (χ1) is 11.8. The largest absolute Gasteiger partial charge is 0.317 e. The number of hydrogen-bond donors (Lipinski definition) is 1. The molecule has 25 heavy (non-hydrogen) atoms. The Kier molecular flexibility index (Phi) is 5.45. The van der Waals surface area contributed by atoms with Crippen molar-refractivity contribution >= 4 is 11.6 Å². The van der Waals surface area contributed by atoms with Crippen molar-refractivity contribution in [3.05, 3.63) is 53.3 Å². The molecule has 0 unspecified atom stereocenters. The number of halogens is 1. The molecule has 0 aliphatic carbocycles. The van der Waals surface area contributed by atoms with Crippen LogP contribution in [0.4, 0.5) is 0 Å². The number of nitrogens with one attached hydrogen (secondary N) is 1. The van der Waals surface area contributed by atoms with Crippen LogP contribution in [0.25, 0.3) is 5.69 Å². The van der Waals surface area contributed by atoms with Crippen LogP contribution in [0.15, 0.2) is 36.7 Å². The van der Waals surface area contributed by atoms with Crippen LogP contribution in [0.5, 0.6) is 0 Å². The minimum absolute atomic E-state index is 0. The van der Waals surface area contributed by atoms with E-state index in [9.17, 15) is 0 Å². The highest BCUT2D eigenvalue weighted by atomic mass is 35.5. The van der Waals surface area contributed by atoms with E-state index in [1.165, 1.54) is 0 Å². The van der Waals surface area contributed by atoms with Crippen LogP contribution in [0, 0.1) is 0 Å². The van der Waals surface area contributed by atoms with Gasteiger partial charge in [-0.3, -0.25) is 4.57 Å². The maximum absolute atomic E-state index is 6.04. The second kappa shape index (κ2) is 7.76. The van der Waals surface area contributed by atoms with Crippen molar-refractivity contribution in [3.63, 3.8) is 0 Å². The second-order valence-electron chi connectivity index (χ2n) is 5.87. The minimum atomic E-state index is 0. The van der Waals surface area contributed by atoms with Crippen LogP contribution in [0.3, 0.4) is 0 Å². The predicted octanol–water partition coefficient (Wildman–Crippen LogP) is 2.66. The molecule has 132 valence electrons. The Morgan fingerprint density at radius 2 is 1.72 bits per heavy atom. The maximum Gasteiger partial charge on any atom is 0.161 e. The summed E-state index contributed by atoms with van der Waals surface area (Å²) in [5.41, 5.74) is 1.01. The average molecular weight is 360 g/mol. The van der Waals surface area contributed by atoms with Crippen LogP contribution >= 0.6 is 11.6 Å². The van der Waals surface area contributed by atoms with Crippen LogP contribution < -0.4 is 5.32 Å². The maximum atomic E-state index is 6.04. The number of nitrogens with zero attached hydrogens (tertiary/aromatic N) is 6. The van der Waals surface area contributed by atoms with Crippen LogP contribution in [0.1, 0.15) is 37.8 Å². The van der Waals surface area contributed by atoms with E-state index in [-0.39, 0.29) is 7.43 Å². The molecule has 4 rings (SSSR count). The Morgan fingerprint density at radius 3 is 2.40 bits per heavy atom. The monoisotopic (exact) mass is 359 g/mol. The zero-order chi connectivity index (χ0) is 16.4. The summed E-state index contributed by atoms with van der Waals surface area (Å²) in [5, 5.41) is 21.4. The number of piperidine rings is 1. The summed E-state index contributed by atoms with van der Waals surface area (Å²) >= 11 is 6.04. The van der Waals surface area contributed by atoms with Gasteiger partial charge in [0.1, 0.15) is 12.4 Å². The first-order valence-corrected chi connectivity index (χ1v) is 8.44. The van der Waals surface area contributed by atoms with E-state index in [4.69, 9.17) is 11.6 Å². The molecule has 1 fully saturated rings. The molecule has 0 amide bonds. The van der Waals surface area contributed by atoms with E-state index in [1.807, 2.05) is 24.3 Å². The Morgan fingerprint density at radius 1 is 1.04 bits per heavy atom. The first kappa shape index (κ1) is 17.6. The highest BCUT2D eigenvalue weighted by Gasteiger charge is 2.24. The molecule has 1 aliphatic rings. The van der Waals surface area contributed by atoms with Gasteiger partial charge < -0.3 is 5.32 Å². The van der Waals surface area contributed by atoms with Gasteiger partial charge in [-0.05, 0) is 50.2 Å². The van der Waals surface area contributed by atoms with Crippen LogP contribution in [-0.4, -0.2) is 42.8 Å². The Labute approximate surface area is 152 Å². The van der Waals surface area contributed by atoms with E-state index in [0.717, 1.165) is 43.3 Å². The van der Waals surface area contributed by atoms with Gasteiger partial charge in [0, 0.05) is 16.6 Å². The quantitative estimate of drug-likeness (QED) is 0.775. The lowest BCUT2D eigenvalue weighted by Gasteiger charge is -2.23. The molecular formula is C17H22ClN7. The topological polar surface area (TPSA) is 73.5 Å². The Bertz CT molecular complexity index is 789. The molecule has 3 aromatic rings. The Balaban J connectivity index is 0.00000182. The molecule has 7 nitrogen and oxygen atoms in total. The molecule has 1 saturated heterocycles. The zero-order valence-corrected chi connectivity index (χ0v) is 13.9. The summed E-state index contributed by atoms with van der Waals surface area (Å²) in [6.07, 6.45) is 5.45. The molecule has 0 bridgehead atoms. The zero-order valence-electron chi connectivity index (χ0n) is 13.1. The lowest BCUT2D eigenvalue weighted by Crippen LogP contribution is -2.28. The van der Waals surface area contributed by atoms with E-state index >= 15 is 0 Å². The molecule has 3 heterocycles. The minimum Gasteiger partial charge on any atom is -0.317 e. The molecule has 1 aromatic carbocycles. The van der Waals surface area contributed by atoms with Gasteiger partial charge in [0.2, 0.25) is 0 Å². The molecule has 8 heteroatoms. The fourth-order valence-electron chi connectivity index (χ4n) is 3.10. The normalized spacial score (nSPS) is 15.1. The first-order valence-electron chi connectivity index (χ1n) is 8.06. The van der Waals surface area contributed by atoms with Gasteiger partial charge in [-0.15, -0.1) is 10.2 Å². The van der Waals surface area contributed by atoms with E-state index in [0.29, 0.717) is 17.5 Å². The summed E-state index contributed by atoms with van der Waals surface area (Å²) in [4.78, 5) is 1.61. The molecule has 0 atom stereocenters. The van der Waals surface area contributed by atoms with Crippen molar-refractivity contribution < 1.29 is 0 Å². The van der Waals surface area contributed by atoms with Gasteiger partial charge >= 0.3 is 0 Å². The average Bonchev–Trinajstić information content (AvgIpc) is 3.27. The molecular weight excluding hydrogens is 338 g/mol. The van der Waals surface area contributed by atoms with Gasteiger partial charge in [0.05, 0.1) is 12.4 Å². The molecule has 1 N–H and O–H groups in total. The van der Waals surface area contributed by atoms with Gasteiger partial charge in [-0.2, -0.15) is 15.0 Å². The number of aromatic nitrogens is 6. The standard InChI is InChI=1S/C16H18ClN7.CH4/c17-13-1-3-14(4-2-13)24-15(11-23-19-9-10-20-23)21-22-16(24)12-5-7-18-8-6-12;/h1-4,9-10,12,18H,5-8,11H2;1H4. The summed E-state index contributed by atoms with van der Waals surface area (Å²) in [6.45, 7) is 2.50. The van der Waals surface area contributed by atoms with E-state index in [2.05, 4.69) is 30.3 Å². The third-order valence-corrected chi connectivity index (χ3v) is 4.55. The van der Waals surface area contributed by atoms with Crippen LogP contribution in [-0.2, 0) is 6.54 Å². The molecule has 1 aliphatic heterocycles. The summed E-state index contributed by atoms with van der Waals surface area (Å²) in [5.74, 6) is 2.22. The number of rotatable bonds is 4. The third-order valence-electron chi connectivity index (χ3n) is 4.29. The summed E-state index contributed by atoms with van der Waals surface area (Å²) in [6, 6.07) is 7.77.